The van der Waals surface area contributed by atoms with E-state index in [1.165, 1.54) is 0 Å². The summed E-state index contributed by atoms with van der Waals surface area (Å²) in [6, 6.07) is 7.62. The van der Waals surface area contributed by atoms with Gasteiger partial charge in [0.25, 0.3) is 0 Å². The van der Waals surface area contributed by atoms with Crippen LogP contribution in [0.2, 0.25) is 18.1 Å². The van der Waals surface area contributed by atoms with Gasteiger partial charge < -0.3 is 4.43 Å². The maximum atomic E-state index is 9.47. The molecule has 1 fully saturated rings. The first-order valence-electron chi connectivity index (χ1n) is 7.49. The molecule has 1 rings (SSSR count). The normalized spacial score (nSPS) is 25.3. The van der Waals surface area contributed by atoms with E-state index >= 15 is 0 Å². The lowest BCUT2D eigenvalue weighted by Crippen LogP contribution is -2.61. The van der Waals surface area contributed by atoms with E-state index in [0.29, 0.717) is 0 Å². The molecule has 0 N–H and O–H groups in total. The van der Waals surface area contributed by atoms with Gasteiger partial charge in [0.15, 0.2) is 10.8 Å². The summed E-state index contributed by atoms with van der Waals surface area (Å²) in [7, 11) is -1.98. The quantitative estimate of drug-likeness (QED) is 0.578. The lowest BCUT2D eigenvalue weighted by molar-refractivity contribution is -0.0142. The molecule has 0 bridgehead atoms. The zero-order valence-electron chi connectivity index (χ0n) is 14.5. The van der Waals surface area contributed by atoms with E-state index in [1.807, 2.05) is 24.3 Å². The molecule has 0 aromatic carbocycles. The average molecular weight is 326 g/mol. The molecule has 0 aliphatic heterocycles. The minimum Gasteiger partial charge on any atom is -0.549 e. The summed E-state index contributed by atoms with van der Waals surface area (Å²) in [5, 5.41) is 37.7. The minimum atomic E-state index is -1.98. The molecule has 2 atom stereocenters. The van der Waals surface area contributed by atoms with Crippen molar-refractivity contribution in [1.29, 1.82) is 21.0 Å². The van der Waals surface area contributed by atoms with E-state index in [1.54, 1.807) is 19.3 Å². The van der Waals surface area contributed by atoms with Crippen molar-refractivity contribution in [1.82, 2.24) is 0 Å². The second-order valence-corrected chi connectivity index (χ2v) is 12.3. The molecule has 0 aromatic heterocycles. The summed E-state index contributed by atoms with van der Waals surface area (Å²) in [5.41, 5.74) is -3.24. The Hall–Kier alpha value is -2.28. The third-order valence-corrected chi connectivity index (χ3v) is 9.84. The maximum absolute atomic E-state index is 9.47. The number of hydrogen-bond donors (Lipinski definition) is 0. The topological polar surface area (TPSA) is 104 Å². The minimum absolute atomic E-state index is 0.0349. The lowest BCUT2D eigenvalue weighted by Gasteiger charge is -2.53. The molecule has 1 saturated carbocycles. The molecule has 0 amide bonds. The predicted octanol–water partition coefficient (Wildman–Crippen LogP) is 3.85. The second-order valence-electron chi connectivity index (χ2n) is 7.58. The van der Waals surface area contributed by atoms with Crippen LogP contribution in [-0.2, 0) is 4.43 Å². The Labute approximate surface area is 139 Å². The maximum Gasteiger partial charge on any atom is 0.249 e. The van der Waals surface area contributed by atoms with Gasteiger partial charge in [-0.15, -0.1) is 0 Å². The lowest BCUT2D eigenvalue weighted by atomic mass is 9.40. The van der Waals surface area contributed by atoms with Gasteiger partial charge in [0, 0.05) is 5.92 Å². The van der Waals surface area contributed by atoms with Crippen molar-refractivity contribution in [3.8, 4) is 24.3 Å². The Morgan fingerprint density at radius 1 is 0.957 bits per heavy atom. The largest absolute Gasteiger partial charge is 0.549 e. The Balaban J connectivity index is 3.11. The summed E-state index contributed by atoms with van der Waals surface area (Å²) < 4.78 is 5.94. The van der Waals surface area contributed by atoms with Crippen molar-refractivity contribution in [2.75, 3.05) is 0 Å². The summed E-state index contributed by atoms with van der Waals surface area (Å²) >= 11 is 0. The second kappa shape index (κ2) is 5.73. The van der Waals surface area contributed by atoms with Gasteiger partial charge in [0.1, 0.15) is 0 Å². The fourth-order valence-corrected chi connectivity index (χ4v) is 3.48. The highest BCUT2D eigenvalue weighted by Gasteiger charge is 2.73. The molecule has 0 aromatic rings. The standard InChI is InChI=1S/C17H22N4OSi/c1-13-14(7-8-22-23(5,6)15(2,3)4)17(11-20,12-21)16(13,9-18)10-19/h7-8,13-14H,1-6H3/b8-7+/t13-,14-/m1/s1. The Morgan fingerprint density at radius 2 is 1.39 bits per heavy atom. The summed E-state index contributed by atoms with van der Waals surface area (Å²) in [4.78, 5) is 0. The summed E-state index contributed by atoms with van der Waals surface area (Å²) in [5.74, 6) is -0.905. The number of allylic oxidation sites excluding steroid dienone is 1. The third kappa shape index (κ3) is 2.41. The third-order valence-electron chi connectivity index (χ3n) is 5.50. The average Bonchev–Trinajstić information content (AvgIpc) is 2.48. The molecular weight excluding hydrogens is 304 g/mol. The summed E-state index contributed by atoms with van der Waals surface area (Å²) in [6.45, 7) is 12.3. The van der Waals surface area contributed by atoms with E-state index in [0.717, 1.165) is 0 Å². The van der Waals surface area contributed by atoms with Crippen LogP contribution >= 0.6 is 0 Å². The van der Waals surface area contributed by atoms with Crippen molar-refractivity contribution in [2.45, 2.75) is 45.8 Å². The van der Waals surface area contributed by atoms with E-state index in [-0.39, 0.29) is 5.04 Å². The van der Waals surface area contributed by atoms with Gasteiger partial charge in [0.2, 0.25) is 8.32 Å². The number of hydrogen-bond acceptors (Lipinski definition) is 5. The number of rotatable bonds is 3. The van der Waals surface area contributed by atoms with Gasteiger partial charge in [-0.1, -0.05) is 27.7 Å². The zero-order valence-corrected chi connectivity index (χ0v) is 15.5. The molecule has 6 heteroatoms. The van der Waals surface area contributed by atoms with Crippen LogP contribution in [-0.4, -0.2) is 8.32 Å². The molecule has 0 saturated heterocycles. The first-order chi connectivity index (χ1) is 10.5. The highest BCUT2D eigenvalue weighted by atomic mass is 28.4. The van der Waals surface area contributed by atoms with E-state index in [2.05, 4.69) is 33.9 Å². The Kier molecular flexibility index (Phi) is 4.68. The number of nitrogens with zero attached hydrogens (tertiary/aromatic N) is 4. The molecular formula is C17H22N4OSi. The van der Waals surface area contributed by atoms with Crippen LogP contribution in [0, 0.1) is 68.0 Å². The van der Waals surface area contributed by atoms with Crippen molar-refractivity contribution in [2.24, 2.45) is 22.7 Å². The Bertz CT molecular complexity index is 648. The van der Waals surface area contributed by atoms with E-state index in [4.69, 9.17) is 4.43 Å². The molecule has 0 spiro atoms. The highest BCUT2D eigenvalue weighted by molar-refractivity contribution is 6.74. The van der Waals surface area contributed by atoms with Gasteiger partial charge in [-0.2, -0.15) is 21.0 Å². The van der Waals surface area contributed by atoms with Crippen LogP contribution in [0.3, 0.4) is 0 Å². The van der Waals surface area contributed by atoms with Crippen LogP contribution in [0.1, 0.15) is 27.7 Å². The molecule has 0 unspecified atom stereocenters. The van der Waals surface area contributed by atoms with E-state index in [9.17, 15) is 21.0 Å². The van der Waals surface area contributed by atoms with Gasteiger partial charge >= 0.3 is 0 Å². The summed E-state index contributed by atoms with van der Waals surface area (Å²) in [6.07, 6.45) is 3.23. The van der Waals surface area contributed by atoms with Crippen LogP contribution in [0.15, 0.2) is 12.3 Å². The smallest absolute Gasteiger partial charge is 0.249 e. The molecule has 0 radical (unpaired) electrons. The van der Waals surface area contributed by atoms with Crippen LogP contribution in [0.25, 0.3) is 0 Å². The van der Waals surface area contributed by atoms with Crippen LogP contribution in [0.5, 0.6) is 0 Å². The molecule has 5 nitrogen and oxygen atoms in total. The first-order valence-corrected chi connectivity index (χ1v) is 10.4. The van der Waals surface area contributed by atoms with Crippen LogP contribution in [0.4, 0.5) is 0 Å². The van der Waals surface area contributed by atoms with Crippen molar-refractivity contribution in [3.05, 3.63) is 12.3 Å². The first kappa shape index (κ1) is 18.8. The van der Waals surface area contributed by atoms with Gasteiger partial charge in [-0.3, -0.25) is 0 Å². The van der Waals surface area contributed by atoms with E-state index < -0.39 is 31.0 Å². The predicted molar refractivity (Wildman–Crippen MR) is 87.4 cm³/mol. The van der Waals surface area contributed by atoms with Crippen LogP contribution < -0.4 is 0 Å². The molecule has 1 aliphatic carbocycles. The van der Waals surface area contributed by atoms with Crippen molar-refractivity contribution >= 4 is 8.32 Å². The fourth-order valence-electron chi connectivity index (χ4n) is 2.71. The van der Waals surface area contributed by atoms with Crippen molar-refractivity contribution in [3.63, 3.8) is 0 Å². The van der Waals surface area contributed by atoms with Gasteiger partial charge in [-0.05, 0) is 30.1 Å². The molecule has 120 valence electrons. The molecule has 23 heavy (non-hydrogen) atoms. The fraction of sp³-hybridized carbons (Fsp3) is 0.647. The highest BCUT2D eigenvalue weighted by Crippen LogP contribution is 2.64. The zero-order chi connectivity index (χ0) is 18.1. The van der Waals surface area contributed by atoms with Gasteiger partial charge in [0.05, 0.1) is 30.5 Å². The Morgan fingerprint density at radius 3 is 1.74 bits per heavy atom. The van der Waals surface area contributed by atoms with Crippen molar-refractivity contribution < 1.29 is 4.43 Å². The number of nitriles is 4. The van der Waals surface area contributed by atoms with Gasteiger partial charge in [-0.25, -0.2) is 0 Å². The molecule has 1 aliphatic rings. The monoisotopic (exact) mass is 326 g/mol. The SMILES string of the molecule is C[C@@H]1[C@@H](/C=C/O[Si](C)(C)C(C)(C)C)C(C#N)(C#N)C1(C#N)C#N. The molecule has 0 heterocycles.